The van der Waals surface area contributed by atoms with Crippen molar-refractivity contribution < 1.29 is 14.0 Å². The highest BCUT2D eigenvalue weighted by atomic mass is 79.9. The van der Waals surface area contributed by atoms with E-state index in [1.807, 2.05) is 37.2 Å². The minimum Gasteiger partial charge on any atom is -0.444 e. The van der Waals surface area contributed by atoms with Crippen molar-refractivity contribution >= 4 is 33.4 Å². The van der Waals surface area contributed by atoms with Gasteiger partial charge in [-0.3, -0.25) is 9.59 Å². The van der Waals surface area contributed by atoms with E-state index in [1.54, 1.807) is 36.4 Å². The molecule has 30 heavy (non-hydrogen) atoms. The van der Waals surface area contributed by atoms with Gasteiger partial charge < -0.3 is 20.0 Å². The average molecular weight is 470 g/mol. The van der Waals surface area contributed by atoms with Crippen molar-refractivity contribution in [3.05, 3.63) is 88.3 Å². The van der Waals surface area contributed by atoms with Crippen molar-refractivity contribution in [2.45, 2.75) is 12.5 Å². The highest BCUT2D eigenvalue weighted by Gasteiger charge is 2.17. The van der Waals surface area contributed by atoms with Gasteiger partial charge in [-0.25, -0.2) is 0 Å². The molecule has 3 aromatic rings. The number of nitrogens with zero attached hydrogens (tertiary/aromatic N) is 1. The van der Waals surface area contributed by atoms with Gasteiger partial charge in [-0.2, -0.15) is 0 Å². The van der Waals surface area contributed by atoms with Crippen molar-refractivity contribution in [3.63, 3.8) is 0 Å². The van der Waals surface area contributed by atoms with E-state index in [4.69, 9.17) is 4.42 Å². The lowest BCUT2D eigenvalue weighted by molar-refractivity contribution is 0.0928. The predicted octanol–water partition coefficient (Wildman–Crippen LogP) is 4.20. The standard InChI is InChI=1S/C23H24BrN3O3/c1-27(2)15-19(13-16-7-4-3-5-8-16)26-22(28)17-9-6-10-18(14-17)25-23(29)20-11-12-21(24)30-20/h3-12,14,19H,13,15H2,1-2H3,(H,25,29)(H,26,28). The predicted molar refractivity (Wildman–Crippen MR) is 121 cm³/mol. The molecule has 0 aliphatic rings. The third kappa shape index (κ3) is 6.30. The maximum atomic E-state index is 12.9. The van der Waals surface area contributed by atoms with Crippen LogP contribution in [0, 0.1) is 0 Å². The molecule has 1 heterocycles. The number of hydrogen-bond acceptors (Lipinski definition) is 4. The smallest absolute Gasteiger partial charge is 0.291 e. The number of benzene rings is 2. The van der Waals surface area contributed by atoms with Crippen LogP contribution in [-0.2, 0) is 6.42 Å². The molecule has 0 fully saturated rings. The van der Waals surface area contributed by atoms with Crippen molar-refractivity contribution in [1.82, 2.24) is 10.2 Å². The largest absolute Gasteiger partial charge is 0.444 e. The van der Waals surface area contributed by atoms with Crippen LogP contribution in [0.25, 0.3) is 0 Å². The fraction of sp³-hybridized carbons (Fsp3) is 0.217. The van der Waals surface area contributed by atoms with Crippen LogP contribution in [0.1, 0.15) is 26.5 Å². The topological polar surface area (TPSA) is 74.6 Å². The van der Waals surface area contributed by atoms with Crippen LogP contribution < -0.4 is 10.6 Å². The quantitative estimate of drug-likeness (QED) is 0.518. The number of anilines is 1. The summed E-state index contributed by atoms with van der Waals surface area (Å²) in [6.07, 6.45) is 0.731. The van der Waals surface area contributed by atoms with Crippen LogP contribution in [0.4, 0.5) is 5.69 Å². The number of carbonyl (C=O) groups is 2. The number of amides is 2. The summed E-state index contributed by atoms with van der Waals surface area (Å²) < 4.78 is 5.74. The zero-order valence-corrected chi connectivity index (χ0v) is 18.5. The Hall–Kier alpha value is -2.90. The molecule has 1 atom stereocenters. The molecular weight excluding hydrogens is 446 g/mol. The second-order valence-corrected chi connectivity index (χ2v) is 8.04. The van der Waals surface area contributed by atoms with Crippen LogP contribution in [0.2, 0.25) is 0 Å². The molecule has 0 aliphatic carbocycles. The molecule has 1 aromatic heterocycles. The maximum Gasteiger partial charge on any atom is 0.291 e. The minimum absolute atomic E-state index is 0.0476. The number of furan rings is 1. The number of halogens is 1. The molecule has 0 spiro atoms. The third-order valence-corrected chi connectivity index (χ3v) is 4.85. The Kier molecular flexibility index (Phi) is 7.43. The van der Waals surface area contributed by atoms with Gasteiger partial charge in [-0.1, -0.05) is 36.4 Å². The summed E-state index contributed by atoms with van der Waals surface area (Å²) in [6, 6.07) is 20.1. The normalized spacial score (nSPS) is 11.9. The van der Waals surface area contributed by atoms with Gasteiger partial charge in [0.15, 0.2) is 10.4 Å². The molecule has 1 unspecified atom stereocenters. The summed E-state index contributed by atoms with van der Waals surface area (Å²) >= 11 is 3.18. The second kappa shape index (κ2) is 10.2. The highest BCUT2D eigenvalue weighted by Crippen LogP contribution is 2.17. The first-order valence-electron chi connectivity index (χ1n) is 9.57. The van der Waals surface area contributed by atoms with Gasteiger partial charge in [-0.15, -0.1) is 0 Å². The first-order chi connectivity index (χ1) is 14.4. The Morgan fingerprint density at radius 2 is 1.77 bits per heavy atom. The van der Waals surface area contributed by atoms with Crippen molar-refractivity contribution in [1.29, 1.82) is 0 Å². The first kappa shape index (κ1) is 21.8. The van der Waals surface area contributed by atoms with E-state index in [9.17, 15) is 9.59 Å². The fourth-order valence-electron chi connectivity index (χ4n) is 3.14. The van der Waals surface area contributed by atoms with Gasteiger partial charge in [0.1, 0.15) is 0 Å². The number of carbonyl (C=O) groups excluding carboxylic acids is 2. The monoisotopic (exact) mass is 469 g/mol. The number of hydrogen-bond donors (Lipinski definition) is 2. The van der Waals surface area contributed by atoms with E-state index in [-0.39, 0.29) is 23.6 Å². The molecule has 3 rings (SSSR count). The zero-order chi connectivity index (χ0) is 21.5. The maximum absolute atomic E-state index is 12.9. The zero-order valence-electron chi connectivity index (χ0n) is 16.9. The van der Waals surface area contributed by atoms with E-state index in [0.29, 0.717) is 22.5 Å². The van der Waals surface area contributed by atoms with E-state index in [1.165, 1.54) is 0 Å². The number of rotatable bonds is 8. The highest BCUT2D eigenvalue weighted by molar-refractivity contribution is 9.10. The summed E-state index contributed by atoms with van der Waals surface area (Å²) in [5.41, 5.74) is 2.16. The van der Waals surface area contributed by atoms with Crippen LogP contribution in [0.3, 0.4) is 0 Å². The molecule has 2 amide bonds. The Balaban J connectivity index is 1.68. The van der Waals surface area contributed by atoms with Gasteiger partial charge in [-0.05, 0) is 72.3 Å². The van der Waals surface area contributed by atoms with Crippen molar-refractivity contribution in [2.75, 3.05) is 26.0 Å². The van der Waals surface area contributed by atoms with Crippen molar-refractivity contribution in [3.8, 4) is 0 Å². The van der Waals surface area contributed by atoms with Gasteiger partial charge in [0.25, 0.3) is 11.8 Å². The Bertz CT molecular complexity index is 1000. The number of likely N-dealkylation sites (N-methyl/N-ethyl adjacent to an activating group) is 1. The van der Waals surface area contributed by atoms with Crippen molar-refractivity contribution in [2.24, 2.45) is 0 Å². The Labute approximate surface area is 184 Å². The summed E-state index contributed by atoms with van der Waals surface area (Å²) in [5.74, 6) is -0.381. The first-order valence-corrected chi connectivity index (χ1v) is 10.4. The summed E-state index contributed by atoms with van der Waals surface area (Å²) in [6.45, 7) is 0.713. The summed E-state index contributed by atoms with van der Waals surface area (Å²) in [4.78, 5) is 27.2. The van der Waals surface area contributed by atoms with Crippen LogP contribution in [-0.4, -0.2) is 43.4 Å². The molecule has 0 saturated carbocycles. The molecule has 0 aliphatic heterocycles. The van der Waals surface area contributed by atoms with E-state index >= 15 is 0 Å². The summed E-state index contributed by atoms with van der Waals surface area (Å²) in [7, 11) is 3.96. The third-order valence-electron chi connectivity index (χ3n) is 4.43. The molecular formula is C23H24BrN3O3. The lowest BCUT2D eigenvalue weighted by Crippen LogP contribution is -2.43. The fourth-order valence-corrected chi connectivity index (χ4v) is 3.44. The molecule has 7 heteroatoms. The van der Waals surface area contributed by atoms with Crippen LogP contribution in [0.15, 0.2) is 75.8 Å². The van der Waals surface area contributed by atoms with E-state index < -0.39 is 0 Å². The lowest BCUT2D eigenvalue weighted by atomic mass is 10.0. The van der Waals surface area contributed by atoms with Gasteiger partial charge in [0.05, 0.1) is 0 Å². The summed E-state index contributed by atoms with van der Waals surface area (Å²) in [5, 5.41) is 5.86. The molecule has 2 N–H and O–H groups in total. The molecule has 156 valence electrons. The SMILES string of the molecule is CN(C)CC(Cc1ccccc1)NC(=O)c1cccc(NC(=O)c2ccc(Br)o2)c1. The number of nitrogens with one attached hydrogen (secondary N) is 2. The van der Waals surface area contributed by atoms with E-state index in [0.717, 1.165) is 12.0 Å². The van der Waals surface area contributed by atoms with Gasteiger partial charge in [0.2, 0.25) is 0 Å². The molecule has 0 radical (unpaired) electrons. The lowest BCUT2D eigenvalue weighted by Gasteiger charge is -2.23. The second-order valence-electron chi connectivity index (χ2n) is 7.26. The molecule has 6 nitrogen and oxygen atoms in total. The minimum atomic E-state index is -0.382. The molecule has 0 saturated heterocycles. The van der Waals surface area contributed by atoms with Gasteiger partial charge >= 0.3 is 0 Å². The van der Waals surface area contributed by atoms with Crippen LogP contribution >= 0.6 is 15.9 Å². The van der Waals surface area contributed by atoms with Crippen LogP contribution in [0.5, 0.6) is 0 Å². The van der Waals surface area contributed by atoms with Gasteiger partial charge in [0, 0.05) is 23.8 Å². The van der Waals surface area contributed by atoms with E-state index in [2.05, 4.69) is 38.7 Å². The molecule has 0 bridgehead atoms. The Morgan fingerprint density at radius 3 is 2.43 bits per heavy atom. The molecule has 2 aromatic carbocycles. The Morgan fingerprint density at radius 1 is 1.00 bits per heavy atom. The average Bonchev–Trinajstić information content (AvgIpc) is 3.15.